The number of hydrogen-bond donors (Lipinski definition) is 0. The largest absolute Gasteiger partial charge is 0.497 e. The minimum atomic E-state index is -0.212. The van der Waals surface area contributed by atoms with Crippen LogP contribution in [0.4, 0.5) is 0 Å². The van der Waals surface area contributed by atoms with Gasteiger partial charge in [0.2, 0.25) is 5.43 Å². The highest BCUT2D eigenvalue weighted by atomic mass is 16.5. The minimum Gasteiger partial charge on any atom is -0.497 e. The van der Waals surface area contributed by atoms with Gasteiger partial charge in [0.25, 0.3) is 0 Å². The van der Waals surface area contributed by atoms with Gasteiger partial charge in [-0.05, 0) is 37.0 Å². The van der Waals surface area contributed by atoms with E-state index in [1.165, 1.54) is 32.1 Å². The summed E-state index contributed by atoms with van der Waals surface area (Å²) in [5.74, 6) is 1.28. The highest BCUT2D eigenvalue weighted by Crippen LogP contribution is 2.27. The molecule has 3 rings (SSSR count). The van der Waals surface area contributed by atoms with Crippen LogP contribution in [-0.2, 0) is 6.54 Å². The Hall–Kier alpha value is -2.28. The Balaban J connectivity index is 2.10. The molecule has 0 atom stereocenters. The highest BCUT2D eigenvalue weighted by molar-refractivity contribution is 5.81. The Morgan fingerprint density at radius 2 is 2.09 bits per heavy atom. The molecular weight excluding hydrogens is 276 g/mol. The Morgan fingerprint density at radius 3 is 2.77 bits per heavy atom. The Kier molecular flexibility index (Phi) is 4.15. The Morgan fingerprint density at radius 1 is 1.32 bits per heavy atom. The Labute approximate surface area is 129 Å². The van der Waals surface area contributed by atoms with E-state index in [-0.39, 0.29) is 11.0 Å². The van der Waals surface area contributed by atoms with E-state index in [1.807, 2.05) is 18.2 Å². The van der Waals surface area contributed by atoms with Crippen LogP contribution in [0.5, 0.6) is 5.75 Å². The normalized spacial score (nSPS) is 15.6. The van der Waals surface area contributed by atoms with Crippen molar-refractivity contribution in [3.05, 3.63) is 40.2 Å². The second-order valence-electron chi connectivity index (χ2n) is 6.02. The van der Waals surface area contributed by atoms with Crippen molar-refractivity contribution < 1.29 is 4.74 Å². The van der Waals surface area contributed by atoms with Gasteiger partial charge in [-0.25, -0.2) is 0 Å². The van der Waals surface area contributed by atoms with Crippen molar-refractivity contribution in [2.24, 2.45) is 5.92 Å². The van der Waals surface area contributed by atoms with Crippen LogP contribution >= 0.6 is 0 Å². The maximum Gasteiger partial charge on any atom is 0.207 e. The molecule has 0 amide bonds. The van der Waals surface area contributed by atoms with Crippen LogP contribution in [0.15, 0.2) is 29.2 Å². The number of methoxy groups -OCH3 is 1. The second-order valence-corrected chi connectivity index (χ2v) is 6.02. The summed E-state index contributed by atoms with van der Waals surface area (Å²) >= 11 is 0. The van der Waals surface area contributed by atoms with Gasteiger partial charge in [-0.15, -0.1) is 0 Å². The quantitative estimate of drug-likeness (QED) is 0.871. The van der Waals surface area contributed by atoms with Gasteiger partial charge in [-0.3, -0.25) is 4.79 Å². The summed E-state index contributed by atoms with van der Waals surface area (Å²) in [7, 11) is 1.58. The summed E-state index contributed by atoms with van der Waals surface area (Å²) in [6.45, 7) is 0.873. The first-order valence-electron chi connectivity index (χ1n) is 7.84. The molecule has 1 aliphatic rings. The molecule has 1 aliphatic carbocycles. The fourth-order valence-electron chi connectivity index (χ4n) is 3.38. The van der Waals surface area contributed by atoms with Crippen LogP contribution in [0.1, 0.15) is 37.7 Å². The van der Waals surface area contributed by atoms with E-state index < -0.39 is 0 Å². The molecule has 1 saturated carbocycles. The monoisotopic (exact) mass is 296 g/mol. The number of nitriles is 1. The van der Waals surface area contributed by atoms with Crippen LogP contribution in [0.2, 0.25) is 0 Å². The van der Waals surface area contributed by atoms with Crippen LogP contribution < -0.4 is 10.2 Å². The van der Waals surface area contributed by atoms with Crippen LogP contribution in [0.25, 0.3) is 10.9 Å². The van der Waals surface area contributed by atoms with E-state index in [0.29, 0.717) is 17.1 Å². The zero-order valence-electron chi connectivity index (χ0n) is 12.8. The average molecular weight is 296 g/mol. The molecule has 1 heterocycles. The number of hydrogen-bond acceptors (Lipinski definition) is 3. The molecule has 0 bridgehead atoms. The number of benzene rings is 1. The smallest absolute Gasteiger partial charge is 0.207 e. The molecule has 0 spiro atoms. The molecule has 1 aromatic carbocycles. The summed E-state index contributed by atoms with van der Waals surface area (Å²) in [6.07, 6.45) is 8.05. The Bertz CT molecular complexity index is 780. The molecule has 22 heavy (non-hydrogen) atoms. The molecule has 0 saturated heterocycles. The van der Waals surface area contributed by atoms with Gasteiger partial charge < -0.3 is 9.30 Å². The topological polar surface area (TPSA) is 55.0 Å². The minimum absolute atomic E-state index is 0.205. The summed E-state index contributed by atoms with van der Waals surface area (Å²) in [6, 6.07) is 7.54. The maximum atomic E-state index is 12.4. The van der Waals surface area contributed by atoms with Crippen molar-refractivity contribution in [1.82, 2.24) is 4.57 Å². The van der Waals surface area contributed by atoms with Crippen LogP contribution in [0, 0.1) is 17.2 Å². The van der Waals surface area contributed by atoms with E-state index in [2.05, 4.69) is 4.57 Å². The zero-order valence-corrected chi connectivity index (χ0v) is 12.8. The van der Waals surface area contributed by atoms with Gasteiger partial charge in [0.05, 0.1) is 18.0 Å². The number of aromatic nitrogens is 1. The molecule has 0 N–H and O–H groups in total. The van der Waals surface area contributed by atoms with Gasteiger partial charge in [0.15, 0.2) is 0 Å². The molecule has 1 fully saturated rings. The molecule has 114 valence electrons. The van der Waals surface area contributed by atoms with E-state index in [4.69, 9.17) is 4.74 Å². The highest BCUT2D eigenvalue weighted by Gasteiger charge is 2.16. The van der Waals surface area contributed by atoms with Gasteiger partial charge in [-0.1, -0.05) is 19.3 Å². The molecule has 4 nitrogen and oxygen atoms in total. The fourth-order valence-corrected chi connectivity index (χ4v) is 3.38. The number of fused-ring (bicyclic) bond motifs is 1. The summed E-state index contributed by atoms with van der Waals surface area (Å²) in [5, 5.41) is 9.80. The zero-order chi connectivity index (χ0) is 15.5. The van der Waals surface area contributed by atoms with Crippen molar-refractivity contribution in [3.8, 4) is 11.8 Å². The third-order valence-corrected chi connectivity index (χ3v) is 4.59. The lowest BCUT2D eigenvalue weighted by molar-refractivity contribution is 0.322. The van der Waals surface area contributed by atoms with E-state index >= 15 is 0 Å². The van der Waals surface area contributed by atoms with E-state index in [9.17, 15) is 10.1 Å². The number of nitrogens with zero attached hydrogens (tertiary/aromatic N) is 2. The van der Waals surface area contributed by atoms with E-state index in [1.54, 1.807) is 19.4 Å². The number of pyridine rings is 1. The molecule has 0 radical (unpaired) electrons. The van der Waals surface area contributed by atoms with Crippen molar-refractivity contribution in [2.75, 3.05) is 7.11 Å². The van der Waals surface area contributed by atoms with Crippen molar-refractivity contribution in [2.45, 2.75) is 38.6 Å². The third-order valence-electron chi connectivity index (χ3n) is 4.59. The van der Waals surface area contributed by atoms with Gasteiger partial charge >= 0.3 is 0 Å². The maximum absolute atomic E-state index is 12.4. The first-order valence-corrected chi connectivity index (χ1v) is 7.84. The van der Waals surface area contributed by atoms with Gasteiger partial charge in [0, 0.05) is 12.7 Å². The number of ether oxygens (including phenoxy) is 1. The van der Waals surface area contributed by atoms with Crippen molar-refractivity contribution >= 4 is 10.9 Å². The third kappa shape index (κ3) is 2.71. The van der Waals surface area contributed by atoms with E-state index in [0.717, 1.165) is 12.1 Å². The molecule has 4 heteroatoms. The van der Waals surface area contributed by atoms with Gasteiger partial charge in [-0.2, -0.15) is 5.26 Å². The first-order chi connectivity index (χ1) is 10.7. The van der Waals surface area contributed by atoms with Crippen LogP contribution in [-0.4, -0.2) is 11.7 Å². The summed E-state index contributed by atoms with van der Waals surface area (Å²) < 4.78 is 7.28. The van der Waals surface area contributed by atoms with Gasteiger partial charge in [0.1, 0.15) is 17.4 Å². The summed E-state index contributed by atoms with van der Waals surface area (Å²) in [4.78, 5) is 12.4. The first kappa shape index (κ1) is 14.6. The van der Waals surface area contributed by atoms with Crippen molar-refractivity contribution in [3.63, 3.8) is 0 Å². The lowest BCUT2D eigenvalue weighted by Gasteiger charge is -2.24. The fraction of sp³-hybridized carbons (Fsp3) is 0.444. The van der Waals surface area contributed by atoms with Crippen LogP contribution in [0.3, 0.4) is 0 Å². The predicted octanol–water partition coefficient (Wildman–Crippen LogP) is 3.46. The lowest BCUT2D eigenvalue weighted by Crippen LogP contribution is -2.18. The van der Waals surface area contributed by atoms with Crippen molar-refractivity contribution in [1.29, 1.82) is 5.26 Å². The molecular formula is C18H20N2O2. The second kappa shape index (κ2) is 6.23. The molecule has 1 aromatic heterocycles. The SMILES string of the molecule is COc1ccc2c(c1)c(=O)c(C#N)cn2CC1CCCCC1. The molecule has 0 unspecified atom stereocenters. The average Bonchev–Trinajstić information content (AvgIpc) is 2.58. The number of rotatable bonds is 3. The lowest BCUT2D eigenvalue weighted by atomic mass is 9.89. The molecule has 2 aromatic rings. The predicted molar refractivity (Wildman–Crippen MR) is 86.1 cm³/mol. The standard InChI is InChI=1S/C18H20N2O2/c1-22-15-7-8-17-16(9-15)18(21)14(10-19)12-20(17)11-13-5-3-2-4-6-13/h7-9,12-13H,2-6,11H2,1H3. The molecule has 0 aliphatic heterocycles. The summed E-state index contributed by atoms with van der Waals surface area (Å²) in [5.41, 5.74) is 0.878.